The van der Waals surface area contributed by atoms with Crippen LogP contribution in [0.3, 0.4) is 0 Å². The van der Waals surface area contributed by atoms with Gasteiger partial charge >= 0.3 is 6.18 Å². The van der Waals surface area contributed by atoms with Crippen molar-refractivity contribution in [2.45, 2.75) is 76.6 Å². The van der Waals surface area contributed by atoms with Gasteiger partial charge in [-0.2, -0.15) is 13.2 Å². The minimum Gasteiger partial charge on any atom is -0.382 e. The number of rotatable bonds is 7. The molecule has 6 nitrogen and oxygen atoms in total. The summed E-state index contributed by atoms with van der Waals surface area (Å²) in [5, 5.41) is 6.84. The summed E-state index contributed by atoms with van der Waals surface area (Å²) in [5.74, 6) is 0.158. The van der Waals surface area contributed by atoms with Crippen LogP contribution in [0.4, 0.5) is 24.5 Å². The molecule has 4 rings (SSSR count). The van der Waals surface area contributed by atoms with Crippen LogP contribution in [0.2, 0.25) is 0 Å². The average molecular weight is 532 g/mol. The lowest BCUT2D eigenvalue weighted by Crippen LogP contribution is -2.44. The third-order valence-corrected chi connectivity index (χ3v) is 7.62. The number of amides is 1. The van der Waals surface area contributed by atoms with Crippen LogP contribution >= 0.6 is 0 Å². The van der Waals surface area contributed by atoms with E-state index in [2.05, 4.69) is 65.6 Å². The van der Waals surface area contributed by atoms with E-state index in [0.717, 1.165) is 44.2 Å². The maximum atomic E-state index is 12.9. The normalized spacial score (nSPS) is 18.4. The number of nitrogens with zero attached hydrogens (tertiary/aromatic N) is 3. The highest BCUT2D eigenvalue weighted by molar-refractivity contribution is 5.76. The minimum absolute atomic E-state index is 0.0405. The van der Waals surface area contributed by atoms with E-state index in [1.807, 2.05) is 4.90 Å². The van der Waals surface area contributed by atoms with Crippen molar-refractivity contribution in [1.82, 2.24) is 14.8 Å². The first-order valence-electron chi connectivity index (χ1n) is 13.6. The number of likely N-dealkylation sites (tertiary alicyclic amines) is 2. The smallest absolute Gasteiger partial charge is 0.382 e. The Bertz CT molecular complexity index is 1050. The van der Waals surface area contributed by atoms with Crippen molar-refractivity contribution < 1.29 is 18.0 Å². The summed E-state index contributed by atoms with van der Waals surface area (Å²) in [6.45, 7) is 10.6. The van der Waals surface area contributed by atoms with Gasteiger partial charge in [0.15, 0.2) is 0 Å². The van der Waals surface area contributed by atoms with Crippen molar-refractivity contribution in [3.63, 3.8) is 0 Å². The molecular weight excluding hydrogens is 491 g/mol. The summed E-state index contributed by atoms with van der Waals surface area (Å²) < 4.78 is 38.7. The monoisotopic (exact) mass is 531 g/mol. The van der Waals surface area contributed by atoms with Crippen LogP contribution in [0, 0.1) is 0 Å². The molecule has 0 radical (unpaired) electrons. The van der Waals surface area contributed by atoms with Crippen molar-refractivity contribution in [2.24, 2.45) is 0 Å². The van der Waals surface area contributed by atoms with Gasteiger partial charge in [-0.3, -0.25) is 9.78 Å². The van der Waals surface area contributed by atoms with Gasteiger partial charge in [-0.1, -0.05) is 32.9 Å². The van der Waals surface area contributed by atoms with E-state index >= 15 is 0 Å². The largest absolute Gasteiger partial charge is 0.433 e. The molecule has 2 fully saturated rings. The first kappa shape index (κ1) is 28.2. The zero-order chi connectivity index (χ0) is 27.3. The molecule has 2 aliphatic rings. The Morgan fingerprint density at radius 1 is 0.895 bits per heavy atom. The van der Waals surface area contributed by atoms with Gasteiger partial charge in [0.2, 0.25) is 5.91 Å². The van der Waals surface area contributed by atoms with Crippen molar-refractivity contribution >= 4 is 17.3 Å². The maximum Gasteiger partial charge on any atom is 0.433 e. The molecule has 0 saturated carbocycles. The molecule has 0 atom stereocenters. The van der Waals surface area contributed by atoms with Crippen molar-refractivity contribution in [3.8, 4) is 0 Å². The topological polar surface area (TPSA) is 60.5 Å². The molecule has 2 N–H and O–H groups in total. The van der Waals surface area contributed by atoms with Crippen LogP contribution < -0.4 is 10.6 Å². The van der Waals surface area contributed by atoms with Gasteiger partial charge in [-0.25, -0.2) is 0 Å². The number of alkyl halides is 3. The Labute approximate surface area is 224 Å². The Morgan fingerprint density at radius 3 is 2.05 bits per heavy atom. The fourth-order valence-corrected chi connectivity index (χ4v) is 5.20. The summed E-state index contributed by atoms with van der Waals surface area (Å²) in [5.41, 5.74) is 2.16. The summed E-state index contributed by atoms with van der Waals surface area (Å²) in [6.07, 6.45) is 0.745. The predicted octanol–water partition coefficient (Wildman–Crippen LogP) is 5.77. The molecular formula is C29H40F3N5O. The molecule has 1 amide bonds. The maximum absolute atomic E-state index is 12.9. The van der Waals surface area contributed by atoms with Crippen LogP contribution in [-0.4, -0.2) is 65.5 Å². The highest BCUT2D eigenvalue weighted by atomic mass is 19.4. The van der Waals surface area contributed by atoms with Crippen molar-refractivity contribution in [2.75, 3.05) is 43.4 Å². The summed E-state index contributed by atoms with van der Waals surface area (Å²) in [7, 11) is 0. The zero-order valence-corrected chi connectivity index (χ0v) is 22.7. The Balaban J connectivity index is 1.14. The van der Waals surface area contributed by atoms with Crippen LogP contribution in [0.15, 0.2) is 42.6 Å². The lowest BCUT2D eigenvalue weighted by molar-refractivity contribution is -0.141. The van der Waals surface area contributed by atoms with Crippen LogP contribution in [-0.2, 0) is 16.4 Å². The SMILES string of the molecule is CC(C)(C)c1ccc(NC2CCN(CCC(=O)N3CCC(Nc4ccnc(C(F)(F)F)c4)CC3)CC2)cc1. The summed E-state index contributed by atoms with van der Waals surface area (Å²) in [6, 6.07) is 11.8. The molecule has 0 unspecified atom stereocenters. The molecule has 38 heavy (non-hydrogen) atoms. The Morgan fingerprint density at radius 2 is 1.47 bits per heavy atom. The Hall–Kier alpha value is -2.81. The molecule has 0 bridgehead atoms. The van der Waals surface area contributed by atoms with E-state index in [-0.39, 0.29) is 17.4 Å². The van der Waals surface area contributed by atoms with E-state index in [9.17, 15) is 18.0 Å². The molecule has 0 spiro atoms. The summed E-state index contributed by atoms with van der Waals surface area (Å²) >= 11 is 0. The number of aromatic nitrogens is 1. The van der Waals surface area contributed by atoms with E-state index in [1.54, 1.807) is 6.07 Å². The number of benzene rings is 1. The molecule has 3 heterocycles. The van der Waals surface area contributed by atoms with Gasteiger partial charge in [0.25, 0.3) is 0 Å². The minimum atomic E-state index is -4.46. The molecule has 2 aliphatic heterocycles. The van der Waals surface area contributed by atoms with Gasteiger partial charge in [0.1, 0.15) is 5.69 Å². The highest BCUT2D eigenvalue weighted by Crippen LogP contribution is 2.29. The number of hydrogen-bond acceptors (Lipinski definition) is 5. The quantitative estimate of drug-likeness (QED) is 0.475. The predicted molar refractivity (Wildman–Crippen MR) is 145 cm³/mol. The van der Waals surface area contributed by atoms with Crippen LogP contribution in [0.25, 0.3) is 0 Å². The fraction of sp³-hybridized carbons (Fsp3) is 0.586. The molecule has 208 valence electrons. The first-order chi connectivity index (χ1) is 18.0. The number of halogens is 3. The van der Waals surface area contributed by atoms with Gasteiger partial charge < -0.3 is 20.4 Å². The fourth-order valence-electron chi connectivity index (χ4n) is 5.20. The molecule has 1 aromatic heterocycles. The third kappa shape index (κ3) is 7.85. The van der Waals surface area contributed by atoms with Crippen molar-refractivity contribution in [1.29, 1.82) is 0 Å². The lowest BCUT2D eigenvalue weighted by atomic mass is 9.87. The third-order valence-electron chi connectivity index (χ3n) is 7.62. The standard InChI is InChI=1S/C29H40F3N5O/c1-28(2,3)21-4-6-22(7-5-21)34-23-9-15-36(16-10-23)17-13-27(38)37-18-11-24(12-19-37)35-25-8-14-33-26(20-25)29(30,31)32/h4-8,14,20,23-24,34H,9-13,15-19H2,1-3H3,(H,33,35). The number of hydrogen-bond donors (Lipinski definition) is 2. The van der Waals surface area contributed by atoms with E-state index in [1.165, 1.54) is 11.8 Å². The van der Waals surface area contributed by atoms with Crippen LogP contribution in [0.5, 0.6) is 0 Å². The highest BCUT2D eigenvalue weighted by Gasteiger charge is 2.33. The van der Waals surface area contributed by atoms with Gasteiger partial charge in [0.05, 0.1) is 0 Å². The number of nitrogens with one attached hydrogen (secondary N) is 2. The number of pyridine rings is 1. The van der Waals surface area contributed by atoms with Gasteiger partial charge in [-0.15, -0.1) is 0 Å². The number of carbonyl (C=O) groups excluding carboxylic acids is 1. The second kappa shape index (κ2) is 11.9. The number of piperidine rings is 2. The Kier molecular flexibility index (Phi) is 8.85. The molecule has 9 heteroatoms. The first-order valence-corrected chi connectivity index (χ1v) is 13.6. The second-order valence-electron chi connectivity index (χ2n) is 11.6. The number of carbonyl (C=O) groups is 1. The van der Waals surface area contributed by atoms with E-state index in [4.69, 9.17) is 0 Å². The second-order valence-corrected chi connectivity index (χ2v) is 11.6. The number of anilines is 2. The molecule has 2 aromatic rings. The average Bonchev–Trinajstić information content (AvgIpc) is 2.88. The molecule has 0 aliphatic carbocycles. The van der Waals surface area contributed by atoms with Gasteiger partial charge in [0, 0.05) is 68.8 Å². The molecule has 1 aromatic carbocycles. The molecule has 2 saturated heterocycles. The van der Waals surface area contributed by atoms with Crippen LogP contribution in [0.1, 0.15) is 64.1 Å². The summed E-state index contributed by atoms with van der Waals surface area (Å²) in [4.78, 5) is 20.5. The van der Waals surface area contributed by atoms with Crippen molar-refractivity contribution in [3.05, 3.63) is 53.9 Å². The van der Waals surface area contributed by atoms with E-state index < -0.39 is 11.9 Å². The van der Waals surface area contributed by atoms with E-state index in [0.29, 0.717) is 44.1 Å². The zero-order valence-electron chi connectivity index (χ0n) is 22.7. The van der Waals surface area contributed by atoms with Gasteiger partial charge in [-0.05, 0) is 60.9 Å². The lowest BCUT2D eigenvalue weighted by Gasteiger charge is -2.35.